The van der Waals surface area contributed by atoms with Crippen LogP contribution in [0, 0.1) is 0 Å². The highest BCUT2D eigenvalue weighted by Crippen LogP contribution is 2.16. The van der Waals surface area contributed by atoms with Crippen LogP contribution in [0.1, 0.15) is 6.92 Å². The highest BCUT2D eigenvalue weighted by Gasteiger charge is 2.36. The van der Waals surface area contributed by atoms with Crippen molar-refractivity contribution in [3.8, 4) is 0 Å². The van der Waals surface area contributed by atoms with Crippen LogP contribution in [-0.4, -0.2) is 58.2 Å². The van der Waals surface area contributed by atoms with E-state index in [2.05, 4.69) is 0 Å². The molecule has 66 valence electrons. The van der Waals surface area contributed by atoms with Crippen LogP contribution in [-0.2, 0) is 0 Å². The van der Waals surface area contributed by atoms with Gasteiger partial charge in [-0.2, -0.15) is 0 Å². The molecule has 1 aliphatic rings. The first-order valence-electron chi connectivity index (χ1n) is 3.78. The van der Waals surface area contributed by atoms with E-state index in [4.69, 9.17) is 0 Å². The molecule has 0 amide bonds. The van der Waals surface area contributed by atoms with E-state index in [9.17, 15) is 15.3 Å². The van der Waals surface area contributed by atoms with Crippen molar-refractivity contribution in [1.82, 2.24) is 4.90 Å². The van der Waals surface area contributed by atoms with E-state index in [1.54, 1.807) is 0 Å². The smallest absolute Gasteiger partial charge is 0.108 e. The normalized spacial score (nSPS) is 47.7. The summed E-state index contributed by atoms with van der Waals surface area (Å²) in [5.74, 6) is 0. The second-order valence-electron chi connectivity index (χ2n) is 3.23. The van der Waals surface area contributed by atoms with Crippen LogP contribution < -0.4 is 0 Å². The lowest BCUT2D eigenvalue weighted by Crippen LogP contribution is -2.58. The molecule has 0 aliphatic carbocycles. The number of likely N-dealkylation sites (N-methyl/N-ethyl adjacent to an activating group) is 1. The SMILES string of the molecule is C[C@@H]1[C@H](O)[C@H](O)[C@@H](O)CN1C. The Morgan fingerprint density at radius 2 is 1.73 bits per heavy atom. The Hall–Kier alpha value is -0.160. The number of aliphatic hydroxyl groups excluding tert-OH is 3. The molecule has 0 aromatic heterocycles. The summed E-state index contributed by atoms with van der Waals surface area (Å²) < 4.78 is 0. The van der Waals surface area contributed by atoms with Gasteiger partial charge in [0.05, 0.1) is 12.2 Å². The molecule has 4 heteroatoms. The summed E-state index contributed by atoms with van der Waals surface area (Å²) in [4.78, 5) is 1.82. The molecule has 0 radical (unpaired) electrons. The zero-order valence-corrected chi connectivity index (χ0v) is 6.81. The summed E-state index contributed by atoms with van der Waals surface area (Å²) in [6, 6.07) is -0.0894. The third-order valence-electron chi connectivity index (χ3n) is 2.41. The van der Waals surface area contributed by atoms with E-state index < -0.39 is 18.3 Å². The molecule has 0 saturated carbocycles. The number of nitrogens with zero attached hydrogens (tertiary/aromatic N) is 1. The molecule has 0 unspecified atom stereocenters. The fourth-order valence-corrected chi connectivity index (χ4v) is 1.34. The third-order valence-corrected chi connectivity index (χ3v) is 2.41. The van der Waals surface area contributed by atoms with E-state index in [-0.39, 0.29) is 6.04 Å². The van der Waals surface area contributed by atoms with Crippen LogP contribution in [0.2, 0.25) is 0 Å². The fourth-order valence-electron chi connectivity index (χ4n) is 1.34. The molecule has 4 nitrogen and oxygen atoms in total. The van der Waals surface area contributed by atoms with Crippen molar-refractivity contribution < 1.29 is 15.3 Å². The van der Waals surface area contributed by atoms with Crippen LogP contribution >= 0.6 is 0 Å². The predicted molar refractivity (Wildman–Crippen MR) is 40.1 cm³/mol. The largest absolute Gasteiger partial charge is 0.389 e. The first-order chi connectivity index (χ1) is 5.04. The maximum atomic E-state index is 9.34. The predicted octanol–water partition coefficient (Wildman–Crippen LogP) is -1.60. The standard InChI is InChI=1S/C7H15NO3/c1-4-6(10)7(11)5(9)3-8(4)2/h4-7,9-11H,3H2,1-2H3/t4-,5+,6+,7-/m1/s1. The summed E-state index contributed by atoms with van der Waals surface area (Å²) in [6.07, 6.45) is -2.67. The van der Waals surface area contributed by atoms with Gasteiger partial charge in [0.2, 0.25) is 0 Å². The second kappa shape index (κ2) is 3.06. The summed E-state index contributed by atoms with van der Waals surface area (Å²) in [6.45, 7) is 2.24. The molecular formula is C7H15NO3. The molecule has 11 heavy (non-hydrogen) atoms. The number of likely N-dealkylation sites (tertiary alicyclic amines) is 1. The van der Waals surface area contributed by atoms with E-state index in [1.807, 2.05) is 18.9 Å². The van der Waals surface area contributed by atoms with Crippen molar-refractivity contribution in [2.45, 2.75) is 31.3 Å². The molecule has 1 fully saturated rings. The van der Waals surface area contributed by atoms with Crippen molar-refractivity contribution in [2.75, 3.05) is 13.6 Å². The molecule has 0 bridgehead atoms. The minimum Gasteiger partial charge on any atom is -0.389 e. The topological polar surface area (TPSA) is 63.9 Å². The average molecular weight is 161 g/mol. The summed E-state index contributed by atoms with van der Waals surface area (Å²) >= 11 is 0. The Morgan fingerprint density at radius 1 is 1.18 bits per heavy atom. The number of aliphatic hydroxyl groups is 3. The fraction of sp³-hybridized carbons (Fsp3) is 1.00. The Balaban J connectivity index is 2.63. The molecule has 0 aromatic carbocycles. The molecular weight excluding hydrogens is 146 g/mol. The van der Waals surface area contributed by atoms with Gasteiger partial charge in [0.15, 0.2) is 0 Å². The van der Waals surface area contributed by atoms with Crippen LogP contribution in [0.3, 0.4) is 0 Å². The Kier molecular flexibility index (Phi) is 2.49. The first kappa shape index (κ1) is 8.93. The summed E-state index contributed by atoms with van der Waals surface area (Å²) in [7, 11) is 1.81. The maximum Gasteiger partial charge on any atom is 0.108 e. The second-order valence-corrected chi connectivity index (χ2v) is 3.23. The molecule has 4 atom stereocenters. The van der Waals surface area contributed by atoms with Gasteiger partial charge in [-0.25, -0.2) is 0 Å². The lowest BCUT2D eigenvalue weighted by atomic mass is 9.96. The van der Waals surface area contributed by atoms with Gasteiger partial charge in [-0.3, -0.25) is 4.90 Å². The Labute approximate surface area is 66.1 Å². The number of piperidine rings is 1. The molecule has 0 aromatic rings. The van der Waals surface area contributed by atoms with Crippen molar-refractivity contribution in [2.24, 2.45) is 0 Å². The van der Waals surface area contributed by atoms with E-state index in [0.717, 1.165) is 0 Å². The zero-order chi connectivity index (χ0) is 8.59. The highest BCUT2D eigenvalue weighted by molar-refractivity contribution is 4.90. The Morgan fingerprint density at radius 3 is 2.27 bits per heavy atom. The van der Waals surface area contributed by atoms with E-state index >= 15 is 0 Å². The minimum atomic E-state index is -0.999. The molecule has 1 aliphatic heterocycles. The van der Waals surface area contributed by atoms with Gasteiger partial charge in [-0.15, -0.1) is 0 Å². The van der Waals surface area contributed by atoms with Crippen LogP contribution in [0.5, 0.6) is 0 Å². The van der Waals surface area contributed by atoms with Gasteiger partial charge < -0.3 is 15.3 Å². The third kappa shape index (κ3) is 1.54. The van der Waals surface area contributed by atoms with Gasteiger partial charge in [0, 0.05) is 12.6 Å². The van der Waals surface area contributed by atoms with Crippen molar-refractivity contribution >= 4 is 0 Å². The summed E-state index contributed by atoms with van der Waals surface area (Å²) in [5, 5.41) is 27.7. The van der Waals surface area contributed by atoms with Gasteiger partial charge in [0.25, 0.3) is 0 Å². The summed E-state index contributed by atoms with van der Waals surface area (Å²) in [5.41, 5.74) is 0. The van der Waals surface area contributed by atoms with E-state index in [0.29, 0.717) is 6.54 Å². The van der Waals surface area contributed by atoms with Crippen molar-refractivity contribution in [3.63, 3.8) is 0 Å². The molecule has 3 N–H and O–H groups in total. The lowest BCUT2D eigenvalue weighted by molar-refractivity contribution is -0.127. The van der Waals surface area contributed by atoms with Crippen LogP contribution in [0.15, 0.2) is 0 Å². The van der Waals surface area contributed by atoms with Gasteiger partial charge in [0.1, 0.15) is 6.10 Å². The zero-order valence-electron chi connectivity index (χ0n) is 6.81. The van der Waals surface area contributed by atoms with Gasteiger partial charge >= 0.3 is 0 Å². The number of β-amino-alcohol motifs (C(OH)–C–C–N with tert-alkyl or cyclic N) is 1. The lowest BCUT2D eigenvalue weighted by Gasteiger charge is -2.40. The monoisotopic (exact) mass is 161 g/mol. The Bertz CT molecular complexity index is 128. The average Bonchev–Trinajstić information content (AvgIpc) is 1.97. The molecule has 1 rings (SSSR count). The van der Waals surface area contributed by atoms with Crippen LogP contribution in [0.4, 0.5) is 0 Å². The molecule has 1 saturated heterocycles. The number of hydrogen-bond donors (Lipinski definition) is 3. The first-order valence-corrected chi connectivity index (χ1v) is 3.78. The van der Waals surface area contributed by atoms with Gasteiger partial charge in [-0.05, 0) is 14.0 Å². The maximum absolute atomic E-state index is 9.34. The van der Waals surface area contributed by atoms with Crippen molar-refractivity contribution in [3.05, 3.63) is 0 Å². The minimum absolute atomic E-state index is 0.0894. The number of hydrogen-bond acceptors (Lipinski definition) is 4. The van der Waals surface area contributed by atoms with Crippen molar-refractivity contribution in [1.29, 1.82) is 0 Å². The molecule has 1 heterocycles. The van der Waals surface area contributed by atoms with Crippen LogP contribution in [0.25, 0.3) is 0 Å². The number of rotatable bonds is 0. The quantitative estimate of drug-likeness (QED) is 0.400. The molecule has 0 spiro atoms. The van der Waals surface area contributed by atoms with E-state index in [1.165, 1.54) is 0 Å². The highest BCUT2D eigenvalue weighted by atomic mass is 16.4. The van der Waals surface area contributed by atoms with Gasteiger partial charge in [-0.1, -0.05) is 0 Å².